The summed E-state index contributed by atoms with van der Waals surface area (Å²) in [5.41, 5.74) is 15.9. The fraction of sp³-hybridized carbons (Fsp3) is 0. The smallest absolute Gasteiger partial charge is 0.135 e. The zero-order chi connectivity index (χ0) is 37.5. The molecule has 3 heteroatoms. The first kappa shape index (κ1) is 31.7. The summed E-state index contributed by atoms with van der Waals surface area (Å²) in [6.45, 7) is 0. The summed E-state index contributed by atoms with van der Waals surface area (Å²) in [6.07, 6.45) is 0. The van der Waals surface area contributed by atoms with E-state index in [2.05, 4.69) is 203 Å². The molecule has 12 rings (SSSR count). The first-order valence-corrected chi connectivity index (χ1v) is 19.5. The van der Waals surface area contributed by atoms with E-state index < -0.39 is 0 Å². The molecule has 3 nitrogen and oxygen atoms in total. The van der Waals surface area contributed by atoms with Crippen molar-refractivity contribution in [1.82, 2.24) is 9.13 Å². The van der Waals surface area contributed by atoms with Crippen LogP contribution in [0.15, 0.2) is 211 Å². The fourth-order valence-corrected chi connectivity index (χ4v) is 9.05. The molecule has 3 aromatic heterocycles. The predicted molar refractivity (Wildman–Crippen MR) is 239 cm³/mol. The second kappa shape index (κ2) is 12.5. The van der Waals surface area contributed by atoms with E-state index in [0.717, 1.165) is 44.4 Å². The van der Waals surface area contributed by atoms with Crippen LogP contribution in [0.4, 0.5) is 0 Å². The Morgan fingerprint density at radius 2 is 0.632 bits per heavy atom. The highest BCUT2D eigenvalue weighted by Gasteiger charge is 2.17. The van der Waals surface area contributed by atoms with Gasteiger partial charge >= 0.3 is 0 Å². The Labute approximate surface area is 328 Å². The first-order valence-electron chi connectivity index (χ1n) is 19.5. The van der Waals surface area contributed by atoms with Crippen LogP contribution in [0.3, 0.4) is 0 Å². The van der Waals surface area contributed by atoms with Crippen LogP contribution in [-0.2, 0) is 0 Å². The number of furan rings is 1. The van der Waals surface area contributed by atoms with E-state index in [0.29, 0.717) is 0 Å². The molecular weight excluding hydrogens is 693 g/mol. The molecule has 0 aliphatic rings. The molecule has 0 aliphatic carbocycles. The molecule has 57 heavy (non-hydrogen) atoms. The molecule has 0 bridgehead atoms. The van der Waals surface area contributed by atoms with E-state index in [1.54, 1.807) is 0 Å². The third-order valence-electron chi connectivity index (χ3n) is 11.7. The van der Waals surface area contributed by atoms with Crippen molar-refractivity contribution in [3.63, 3.8) is 0 Å². The number of para-hydroxylation sites is 5. The van der Waals surface area contributed by atoms with E-state index in [9.17, 15) is 0 Å². The highest BCUT2D eigenvalue weighted by molar-refractivity contribution is 6.12. The quantitative estimate of drug-likeness (QED) is 0.173. The van der Waals surface area contributed by atoms with Gasteiger partial charge in [0.2, 0.25) is 0 Å². The second-order valence-electron chi connectivity index (χ2n) is 14.9. The Morgan fingerprint density at radius 3 is 1.16 bits per heavy atom. The maximum atomic E-state index is 6.25. The molecule has 0 unspecified atom stereocenters. The van der Waals surface area contributed by atoms with Gasteiger partial charge in [0.15, 0.2) is 0 Å². The summed E-state index contributed by atoms with van der Waals surface area (Å²) in [4.78, 5) is 0. The molecule has 0 fully saturated rings. The van der Waals surface area contributed by atoms with E-state index in [1.807, 2.05) is 12.1 Å². The Balaban J connectivity index is 1.09. The largest absolute Gasteiger partial charge is 0.456 e. The third kappa shape index (κ3) is 4.99. The molecule has 0 radical (unpaired) electrons. The van der Waals surface area contributed by atoms with Crippen LogP contribution < -0.4 is 0 Å². The minimum atomic E-state index is 0.900. The number of benzene rings is 9. The molecule has 0 aliphatic heterocycles. The van der Waals surface area contributed by atoms with E-state index >= 15 is 0 Å². The summed E-state index contributed by atoms with van der Waals surface area (Å²) < 4.78 is 11.0. The summed E-state index contributed by atoms with van der Waals surface area (Å²) in [5, 5.41) is 7.21. The Morgan fingerprint density at radius 1 is 0.246 bits per heavy atom. The third-order valence-corrected chi connectivity index (χ3v) is 11.7. The molecule has 3 heterocycles. The standard InChI is InChI=1S/C54H34N2O/c1-3-13-41(14-4-1)55-49-20-10-7-17-43(49)46-32-35(23-26-51(46)55)38-29-39(31-40(30-38)37-25-28-54-48(34-37)45-19-9-12-22-53(45)57-54)36-24-27-52-47(33-36)44-18-8-11-21-50(44)56(52)42-15-5-2-6-16-42/h1-34H. The molecule has 12 aromatic rings. The van der Waals surface area contributed by atoms with Crippen molar-refractivity contribution in [2.45, 2.75) is 0 Å². The van der Waals surface area contributed by atoms with Gasteiger partial charge in [-0.15, -0.1) is 0 Å². The number of aromatic nitrogens is 2. The molecule has 0 saturated heterocycles. The van der Waals surface area contributed by atoms with Gasteiger partial charge in [-0.2, -0.15) is 0 Å². The van der Waals surface area contributed by atoms with Crippen molar-refractivity contribution in [3.05, 3.63) is 206 Å². The monoisotopic (exact) mass is 726 g/mol. The zero-order valence-electron chi connectivity index (χ0n) is 30.9. The lowest BCUT2D eigenvalue weighted by Gasteiger charge is -2.13. The predicted octanol–water partition coefficient (Wildman–Crippen LogP) is 14.8. The minimum Gasteiger partial charge on any atom is -0.456 e. The maximum Gasteiger partial charge on any atom is 0.135 e. The number of hydrogen-bond acceptors (Lipinski definition) is 1. The Hall–Kier alpha value is -7.62. The first-order chi connectivity index (χ1) is 28.2. The van der Waals surface area contributed by atoms with Gasteiger partial charge in [-0.25, -0.2) is 0 Å². The fourth-order valence-electron chi connectivity index (χ4n) is 9.05. The topological polar surface area (TPSA) is 23.0 Å². The van der Waals surface area contributed by atoms with Gasteiger partial charge in [-0.05, 0) is 130 Å². The number of rotatable bonds is 5. The lowest BCUT2D eigenvalue weighted by atomic mass is 9.92. The van der Waals surface area contributed by atoms with Gasteiger partial charge in [-0.3, -0.25) is 0 Å². The number of fused-ring (bicyclic) bond motifs is 9. The highest BCUT2D eigenvalue weighted by atomic mass is 16.3. The molecule has 0 saturated carbocycles. The molecule has 9 aromatic carbocycles. The van der Waals surface area contributed by atoms with Crippen molar-refractivity contribution in [2.75, 3.05) is 0 Å². The van der Waals surface area contributed by atoms with Gasteiger partial charge in [0.05, 0.1) is 22.1 Å². The number of nitrogens with zero attached hydrogens (tertiary/aromatic N) is 2. The van der Waals surface area contributed by atoms with Crippen molar-refractivity contribution in [2.24, 2.45) is 0 Å². The molecule has 0 N–H and O–H groups in total. The second-order valence-corrected chi connectivity index (χ2v) is 14.9. The molecule has 266 valence electrons. The molecule has 0 atom stereocenters. The van der Waals surface area contributed by atoms with Gasteiger partial charge in [-0.1, -0.05) is 109 Å². The van der Waals surface area contributed by atoms with Crippen LogP contribution in [0.5, 0.6) is 0 Å². The van der Waals surface area contributed by atoms with Gasteiger partial charge in [0.25, 0.3) is 0 Å². The average molecular weight is 727 g/mol. The lowest BCUT2D eigenvalue weighted by molar-refractivity contribution is 0.669. The molecular formula is C54H34N2O. The SMILES string of the molecule is c1ccc(-n2c3ccccc3c3cc(-c4cc(-c5ccc6oc7ccccc7c6c5)cc(-c5ccc6c(c5)c5ccccc5n6-c5ccccc5)c4)ccc32)cc1. The molecule has 0 spiro atoms. The zero-order valence-corrected chi connectivity index (χ0v) is 30.9. The van der Waals surface area contributed by atoms with Crippen molar-refractivity contribution in [1.29, 1.82) is 0 Å². The minimum absolute atomic E-state index is 0.900. The maximum absolute atomic E-state index is 6.25. The van der Waals surface area contributed by atoms with E-state index in [4.69, 9.17) is 4.42 Å². The van der Waals surface area contributed by atoms with Crippen LogP contribution in [0.25, 0.3) is 110 Å². The molecule has 0 amide bonds. The van der Waals surface area contributed by atoms with Crippen LogP contribution in [0.1, 0.15) is 0 Å². The number of hydrogen-bond donors (Lipinski definition) is 0. The lowest BCUT2D eigenvalue weighted by Crippen LogP contribution is -1.93. The van der Waals surface area contributed by atoms with Crippen LogP contribution in [-0.4, -0.2) is 9.13 Å². The summed E-state index contributed by atoms with van der Waals surface area (Å²) >= 11 is 0. The van der Waals surface area contributed by atoms with Gasteiger partial charge < -0.3 is 13.6 Å². The summed E-state index contributed by atoms with van der Waals surface area (Å²) in [7, 11) is 0. The normalized spacial score (nSPS) is 11.9. The van der Waals surface area contributed by atoms with E-state index in [1.165, 1.54) is 65.9 Å². The van der Waals surface area contributed by atoms with Crippen LogP contribution in [0, 0.1) is 0 Å². The summed E-state index contributed by atoms with van der Waals surface area (Å²) in [5.74, 6) is 0. The van der Waals surface area contributed by atoms with Crippen molar-refractivity contribution >= 4 is 65.6 Å². The van der Waals surface area contributed by atoms with Gasteiger partial charge in [0.1, 0.15) is 11.2 Å². The average Bonchev–Trinajstić information content (AvgIpc) is 3.94. The highest BCUT2D eigenvalue weighted by Crippen LogP contribution is 2.41. The van der Waals surface area contributed by atoms with Gasteiger partial charge in [0, 0.05) is 43.7 Å². The van der Waals surface area contributed by atoms with Crippen molar-refractivity contribution < 1.29 is 4.42 Å². The van der Waals surface area contributed by atoms with Crippen LogP contribution in [0.2, 0.25) is 0 Å². The van der Waals surface area contributed by atoms with Crippen molar-refractivity contribution in [3.8, 4) is 44.8 Å². The Kier molecular flexibility index (Phi) is 6.93. The van der Waals surface area contributed by atoms with E-state index in [-0.39, 0.29) is 0 Å². The Bertz CT molecular complexity index is 3340. The van der Waals surface area contributed by atoms with Crippen LogP contribution >= 0.6 is 0 Å². The summed E-state index contributed by atoms with van der Waals surface area (Å²) in [6, 6.07) is 74.7.